The maximum Gasteiger partial charge on any atom is 0.326 e. The molecule has 0 fully saturated rings. The molecule has 0 saturated heterocycles. The monoisotopic (exact) mass is 325 g/mol. The quantitative estimate of drug-likeness (QED) is 0.808. The predicted octanol–water partition coefficient (Wildman–Crippen LogP) is 2.70. The third-order valence-electron chi connectivity index (χ3n) is 3.30. The summed E-state index contributed by atoms with van der Waals surface area (Å²) >= 11 is 0. The minimum atomic E-state index is -1.12. The molecule has 128 valence electrons. The SMILES string of the molecule is CC(C(=O)NC(CCOC(C)(C)C)C(=O)O)c1cccc(F)c1. The van der Waals surface area contributed by atoms with Gasteiger partial charge >= 0.3 is 5.97 Å². The molecule has 0 saturated carbocycles. The molecule has 1 aromatic rings. The maximum atomic E-state index is 13.2. The van der Waals surface area contributed by atoms with Gasteiger partial charge in [-0.15, -0.1) is 0 Å². The molecule has 2 unspecified atom stereocenters. The number of carboxylic acid groups (broad SMARTS) is 1. The number of aliphatic carboxylic acids is 1. The van der Waals surface area contributed by atoms with Gasteiger partial charge in [0.1, 0.15) is 11.9 Å². The van der Waals surface area contributed by atoms with Crippen molar-refractivity contribution in [3.05, 3.63) is 35.6 Å². The first-order chi connectivity index (χ1) is 10.6. The van der Waals surface area contributed by atoms with E-state index in [1.165, 1.54) is 18.2 Å². The van der Waals surface area contributed by atoms with Gasteiger partial charge in [-0.3, -0.25) is 4.79 Å². The highest BCUT2D eigenvalue weighted by Gasteiger charge is 2.24. The number of hydrogen-bond acceptors (Lipinski definition) is 3. The molecule has 1 aromatic carbocycles. The fourth-order valence-electron chi connectivity index (χ4n) is 1.96. The van der Waals surface area contributed by atoms with Crippen molar-refractivity contribution < 1.29 is 23.8 Å². The van der Waals surface area contributed by atoms with Crippen LogP contribution < -0.4 is 5.32 Å². The fraction of sp³-hybridized carbons (Fsp3) is 0.529. The number of carboxylic acids is 1. The summed E-state index contributed by atoms with van der Waals surface area (Å²) in [4.78, 5) is 23.5. The van der Waals surface area contributed by atoms with Crippen molar-refractivity contribution in [2.75, 3.05) is 6.61 Å². The smallest absolute Gasteiger partial charge is 0.326 e. The van der Waals surface area contributed by atoms with Crippen LogP contribution >= 0.6 is 0 Å². The molecular formula is C17H24FNO4. The Morgan fingerprint density at radius 3 is 2.52 bits per heavy atom. The number of nitrogens with one attached hydrogen (secondary N) is 1. The summed E-state index contributed by atoms with van der Waals surface area (Å²) in [5.74, 6) is -2.66. The molecule has 23 heavy (non-hydrogen) atoms. The van der Waals surface area contributed by atoms with Crippen LogP contribution in [-0.4, -0.2) is 35.2 Å². The molecule has 0 heterocycles. The molecular weight excluding hydrogens is 301 g/mol. The van der Waals surface area contributed by atoms with E-state index in [9.17, 15) is 19.1 Å². The lowest BCUT2D eigenvalue weighted by Crippen LogP contribution is -2.43. The van der Waals surface area contributed by atoms with E-state index in [0.29, 0.717) is 5.56 Å². The number of amides is 1. The summed E-state index contributed by atoms with van der Waals surface area (Å²) in [6.45, 7) is 7.43. The minimum Gasteiger partial charge on any atom is -0.480 e. The average Bonchev–Trinajstić information content (AvgIpc) is 2.43. The van der Waals surface area contributed by atoms with Gasteiger partial charge in [-0.25, -0.2) is 9.18 Å². The Morgan fingerprint density at radius 2 is 2.00 bits per heavy atom. The Balaban J connectivity index is 2.65. The second-order valence-corrected chi connectivity index (χ2v) is 6.43. The van der Waals surface area contributed by atoms with E-state index in [1.807, 2.05) is 20.8 Å². The third-order valence-corrected chi connectivity index (χ3v) is 3.30. The standard InChI is InChI=1S/C17H24FNO4/c1-11(12-6-5-7-13(18)10-12)15(20)19-14(16(21)22)8-9-23-17(2,3)4/h5-7,10-11,14H,8-9H2,1-4H3,(H,19,20)(H,21,22). The molecule has 2 atom stereocenters. The van der Waals surface area contributed by atoms with E-state index in [2.05, 4.69) is 5.32 Å². The van der Waals surface area contributed by atoms with Crippen molar-refractivity contribution in [2.45, 2.75) is 51.7 Å². The third kappa shape index (κ3) is 6.78. The number of halogens is 1. The number of hydrogen-bond donors (Lipinski definition) is 2. The summed E-state index contributed by atoms with van der Waals surface area (Å²) in [5, 5.41) is 11.7. The van der Waals surface area contributed by atoms with Crippen LogP contribution in [0.4, 0.5) is 4.39 Å². The Kier molecular flexibility index (Phi) is 6.69. The van der Waals surface area contributed by atoms with Gasteiger partial charge in [0.2, 0.25) is 5.91 Å². The fourth-order valence-corrected chi connectivity index (χ4v) is 1.96. The highest BCUT2D eigenvalue weighted by molar-refractivity contribution is 5.87. The maximum absolute atomic E-state index is 13.2. The Bertz CT molecular complexity index is 554. The first-order valence-electron chi connectivity index (χ1n) is 7.53. The second-order valence-electron chi connectivity index (χ2n) is 6.43. The molecule has 0 aliphatic heterocycles. The molecule has 1 rings (SSSR count). The van der Waals surface area contributed by atoms with Gasteiger partial charge in [-0.2, -0.15) is 0 Å². The van der Waals surface area contributed by atoms with E-state index >= 15 is 0 Å². The van der Waals surface area contributed by atoms with E-state index in [4.69, 9.17) is 4.74 Å². The van der Waals surface area contributed by atoms with Crippen molar-refractivity contribution in [1.82, 2.24) is 5.32 Å². The summed E-state index contributed by atoms with van der Waals surface area (Å²) in [7, 11) is 0. The highest BCUT2D eigenvalue weighted by atomic mass is 19.1. The largest absolute Gasteiger partial charge is 0.480 e. The zero-order valence-electron chi connectivity index (χ0n) is 13.9. The molecule has 0 radical (unpaired) electrons. The van der Waals surface area contributed by atoms with E-state index in [-0.39, 0.29) is 18.6 Å². The normalized spacial score (nSPS) is 14.1. The van der Waals surface area contributed by atoms with Gasteiger partial charge in [-0.1, -0.05) is 12.1 Å². The first-order valence-corrected chi connectivity index (χ1v) is 7.53. The van der Waals surface area contributed by atoms with E-state index in [1.54, 1.807) is 13.0 Å². The topological polar surface area (TPSA) is 75.6 Å². The van der Waals surface area contributed by atoms with Crippen LogP contribution in [0.15, 0.2) is 24.3 Å². The van der Waals surface area contributed by atoms with E-state index < -0.39 is 29.7 Å². The molecule has 5 nitrogen and oxygen atoms in total. The zero-order valence-corrected chi connectivity index (χ0v) is 13.9. The first kappa shape index (κ1) is 19.1. The number of ether oxygens (including phenoxy) is 1. The van der Waals surface area contributed by atoms with Gasteiger partial charge in [0.15, 0.2) is 0 Å². The molecule has 0 aromatic heterocycles. The zero-order chi connectivity index (χ0) is 17.6. The average molecular weight is 325 g/mol. The number of benzene rings is 1. The second kappa shape index (κ2) is 8.06. The lowest BCUT2D eigenvalue weighted by atomic mass is 9.99. The Morgan fingerprint density at radius 1 is 1.35 bits per heavy atom. The van der Waals surface area contributed by atoms with Crippen LogP contribution in [0, 0.1) is 5.82 Å². The van der Waals surface area contributed by atoms with Crippen molar-refractivity contribution in [2.24, 2.45) is 0 Å². The van der Waals surface area contributed by atoms with Gasteiger partial charge in [0.25, 0.3) is 0 Å². The summed E-state index contributed by atoms with van der Waals surface area (Å²) in [5.41, 5.74) is 0.125. The van der Waals surface area contributed by atoms with Crippen LogP contribution in [0.1, 0.15) is 45.6 Å². The lowest BCUT2D eigenvalue weighted by molar-refractivity contribution is -0.143. The van der Waals surface area contributed by atoms with E-state index in [0.717, 1.165) is 0 Å². The minimum absolute atomic E-state index is 0.161. The van der Waals surface area contributed by atoms with Gasteiger partial charge in [0.05, 0.1) is 11.5 Å². The van der Waals surface area contributed by atoms with Crippen molar-refractivity contribution in [3.63, 3.8) is 0 Å². The van der Waals surface area contributed by atoms with Crippen LogP contribution in [0.3, 0.4) is 0 Å². The van der Waals surface area contributed by atoms with Crippen molar-refractivity contribution >= 4 is 11.9 Å². The Labute approximate surface area is 135 Å². The predicted molar refractivity (Wildman–Crippen MR) is 84.7 cm³/mol. The van der Waals surface area contributed by atoms with Crippen molar-refractivity contribution in [3.8, 4) is 0 Å². The molecule has 0 aliphatic carbocycles. The van der Waals surface area contributed by atoms with Gasteiger partial charge in [-0.05, 0) is 45.4 Å². The van der Waals surface area contributed by atoms with Crippen LogP contribution in [0.5, 0.6) is 0 Å². The van der Waals surface area contributed by atoms with Crippen LogP contribution in [0.2, 0.25) is 0 Å². The molecule has 2 N–H and O–H groups in total. The molecule has 6 heteroatoms. The summed E-state index contributed by atoms with van der Waals surface area (Å²) < 4.78 is 18.7. The molecule has 0 bridgehead atoms. The molecule has 0 spiro atoms. The van der Waals surface area contributed by atoms with Gasteiger partial charge in [0, 0.05) is 13.0 Å². The number of carbonyl (C=O) groups is 2. The number of rotatable bonds is 7. The lowest BCUT2D eigenvalue weighted by Gasteiger charge is -2.22. The van der Waals surface area contributed by atoms with Gasteiger partial charge < -0.3 is 15.2 Å². The van der Waals surface area contributed by atoms with Crippen molar-refractivity contribution in [1.29, 1.82) is 0 Å². The summed E-state index contributed by atoms with van der Waals surface area (Å²) in [6, 6.07) is 4.66. The molecule has 1 amide bonds. The van der Waals surface area contributed by atoms with Crippen LogP contribution in [0.25, 0.3) is 0 Å². The molecule has 0 aliphatic rings. The van der Waals surface area contributed by atoms with Crippen LogP contribution in [-0.2, 0) is 14.3 Å². The number of carbonyl (C=O) groups excluding carboxylic acids is 1. The highest BCUT2D eigenvalue weighted by Crippen LogP contribution is 2.17. The Hall–Kier alpha value is -1.95. The summed E-state index contributed by atoms with van der Waals surface area (Å²) in [6.07, 6.45) is 0.161.